The van der Waals surface area contributed by atoms with Crippen LogP contribution in [0.5, 0.6) is 0 Å². The van der Waals surface area contributed by atoms with E-state index in [0.29, 0.717) is 11.8 Å². The van der Waals surface area contributed by atoms with Gasteiger partial charge in [-0.05, 0) is 49.5 Å². The molecule has 1 aliphatic heterocycles. The van der Waals surface area contributed by atoms with Gasteiger partial charge in [-0.15, -0.1) is 11.6 Å². The van der Waals surface area contributed by atoms with Crippen molar-refractivity contribution in [3.05, 3.63) is 35.4 Å². The first-order valence-corrected chi connectivity index (χ1v) is 6.99. The standard InChI is InChI=1S/C14H17ClF3N/c15-7-1-8-19-9-6-12(10-19)11-2-4-13(5-3-11)14(16,17)18/h2-5,12H,1,6-10H2. The SMILES string of the molecule is FC(F)(F)c1ccc(C2CCN(CCCCl)C2)cc1. The zero-order valence-electron chi connectivity index (χ0n) is 10.6. The summed E-state index contributed by atoms with van der Waals surface area (Å²) in [6.45, 7) is 2.89. The third kappa shape index (κ3) is 3.86. The number of hydrogen-bond acceptors (Lipinski definition) is 1. The third-order valence-corrected chi connectivity index (χ3v) is 3.86. The molecule has 0 spiro atoms. The number of rotatable bonds is 4. The Balaban J connectivity index is 1.96. The van der Waals surface area contributed by atoms with Crippen molar-refractivity contribution in [3.8, 4) is 0 Å². The Morgan fingerprint density at radius 3 is 2.47 bits per heavy atom. The summed E-state index contributed by atoms with van der Waals surface area (Å²) in [6, 6.07) is 5.57. The van der Waals surface area contributed by atoms with Crippen molar-refractivity contribution in [2.24, 2.45) is 0 Å². The molecule has 1 aromatic rings. The van der Waals surface area contributed by atoms with Crippen molar-refractivity contribution in [2.45, 2.75) is 24.9 Å². The average molecular weight is 292 g/mol. The summed E-state index contributed by atoms with van der Waals surface area (Å²) in [5.74, 6) is 0.999. The summed E-state index contributed by atoms with van der Waals surface area (Å²) in [5.41, 5.74) is 0.426. The van der Waals surface area contributed by atoms with Gasteiger partial charge >= 0.3 is 6.18 Å². The van der Waals surface area contributed by atoms with Crippen LogP contribution in [0.25, 0.3) is 0 Å². The number of likely N-dealkylation sites (tertiary alicyclic amines) is 1. The molecule has 1 heterocycles. The molecule has 2 rings (SSSR count). The molecule has 1 fully saturated rings. The van der Waals surface area contributed by atoms with Crippen LogP contribution in [0.3, 0.4) is 0 Å². The smallest absolute Gasteiger partial charge is 0.303 e. The van der Waals surface area contributed by atoms with Crippen molar-refractivity contribution < 1.29 is 13.2 Å². The van der Waals surface area contributed by atoms with Crippen LogP contribution < -0.4 is 0 Å². The number of halogens is 4. The largest absolute Gasteiger partial charge is 0.416 e. The van der Waals surface area contributed by atoms with Crippen molar-refractivity contribution >= 4 is 11.6 Å². The van der Waals surface area contributed by atoms with Gasteiger partial charge in [-0.1, -0.05) is 12.1 Å². The molecule has 0 bridgehead atoms. The highest BCUT2D eigenvalue weighted by Crippen LogP contribution is 2.32. The van der Waals surface area contributed by atoms with E-state index in [1.807, 2.05) is 0 Å². The van der Waals surface area contributed by atoms with Gasteiger partial charge in [-0.3, -0.25) is 0 Å². The van der Waals surface area contributed by atoms with Gasteiger partial charge in [0.2, 0.25) is 0 Å². The fourth-order valence-electron chi connectivity index (χ4n) is 2.54. The van der Waals surface area contributed by atoms with Crippen LogP contribution in [0, 0.1) is 0 Å². The minimum Gasteiger partial charge on any atom is -0.303 e. The first kappa shape index (κ1) is 14.7. The van der Waals surface area contributed by atoms with Crippen molar-refractivity contribution in [3.63, 3.8) is 0 Å². The van der Waals surface area contributed by atoms with Crippen LogP contribution in [0.2, 0.25) is 0 Å². The van der Waals surface area contributed by atoms with Gasteiger partial charge in [-0.2, -0.15) is 13.2 Å². The molecule has 0 amide bonds. The molecule has 0 aromatic heterocycles. The van der Waals surface area contributed by atoms with E-state index in [0.717, 1.165) is 38.0 Å². The highest BCUT2D eigenvalue weighted by Gasteiger charge is 2.30. The van der Waals surface area contributed by atoms with E-state index in [9.17, 15) is 13.2 Å². The average Bonchev–Trinajstić information content (AvgIpc) is 2.84. The molecule has 19 heavy (non-hydrogen) atoms. The molecule has 1 atom stereocenters. The summed E-state index contributed by atoms with van der Waals surface area (Å²) >= 11 is 5.66. The van der Waals surface area contributed by atoms with Crippen LogP contribution in [-0.2, 0) is 6.18 Å². The maximum atomic E-state index is 12.5. The Kier molecular flexibility index (Phi) is 4.74. The van der Waals surface area contributed by atoms with Crippen LogP contribution in [-0.4, -0.2) is 30.4 Å². The Bertz CT molecular complexity index is 402. The minimum absolute atomic E-state index is 0.345. The van der Waals surface area contributed by atoms with Gasteiger partial charge in [0.15, 0.2) is 0 Å². The van der Waals surface area contributed by atoms with Crippen LogP contribution in [0.4, 0.5) is 13.2 Å². The van der Waals surface area contributed by atoms with Crippen molar-refractivity contribution in [1.82, 2.24) is 4.90 Å². The summed E-state index contributed by atoms with van der Waals surface area (Å²) in [5, 5.41) is 0. The number of hydrogen-bond donors (Lipinski definition) is 0. The minimum atomic E-state index is -4.25. The molecule has 0 radical (unpaired) electrons. The highest BCUT2D eigenvalue weighted by molar-refractivity contribution is 6.17. The lowest BCUT2D eigenvalue weighted by molar-refractivity contribution is -0.137. The molecule has 1 aromatic carbocycles. The number of alkyl halides is 4. The molecule has 1 saturated heterocycles. The number of nitrogens with zero attached hydrogens (tertiary/aromatic N) is 1. The highest BCUT2D eigenvalue weighted by atomic mass is 35.5. The van der Waals surface area contributed by atoms with Crippen LogP contribution >= 0.6 is 11.6 Å². The lowest BCUT2D eigenvalue weighted by atomic mass is 9.97. The zero-order valence-corrected chi connectivity index (χ0v) is 11.3. The lowest BCUT2D eigenvalue weighted by Gasteiger charge is -2.15. The van der Waals surface area contributed by atoms with Crippen molar-refractivity contribution in [2.75, 3.05) is 25.5 Å². The maximum Gasteiger partial charge on any atom is 0.416 e. The Morgan fingerprint density at radius 1 is 1.21 bits per heavy atom. The Hall–Kier alpha value is -0.740. The maximum absolute atomic E-state index is 12.5. The second-order valence-electron chi connectivity index (χ2n) is 4.95. The molecule has 0 N–H and O–H groups in total. The van der Waals surface area contributed by atoms with E-state index < -0.39 is 11.7 Å². The quantitative estimate of drug-likeness (QED) is 0.754. The molecule has 1 nitrogen and oxygen atoms in total. The molecule has 0 aliphatic carbocycles. The van der Waals surface area contributed by atoms with Crippen LogP contribution in [0.15, 0.2) is 24.3 Å². The molecule has 1 aliphatic rings. The predicted octanol–water partition coefficient (Wildman–Crippen LogP) is 4.12. The Morgan fingerprint density at radius 2 is 1.89 bits per heavy atom. The van der Waals surface area contributed by atoms with Gasteiger partial charge in [-0.25, -0.2) is 0 Å². The van der Waals surface area contributed by atoms with E-state index in [-0.39, 0.29) is 0 Å². The first-order chi connectivity index (χ1) is 9.00. The van der Waals surface area contributed by atoms with Gasteiger partial charge in [0.05, 0.1) is 5.56 Å². The third-order valence-electron chi connectivity index (χ3n) is 3.59. The van der Waals surface area contributed by atoms with Gasteiger partial charge in [0.1, 0.15) is 0 Å². The van der Waals surface area contributed by atoms with E-state index in [2.05, 4.69) is 4.90 Å². The summed E-state index contributed by atoms with van der Waals surface area (Å²) < 4.78 is 37.4. The van der Waals surface area contributed by atoms with Gasteiger partial charge in [0, 0.05) is 12.4 Å². The molecule has 0 saturated carbocycles. The van der Waals surface area contributed by atoms with Gasteiger partial charge in [0.25, 0.3) is 0 Å². The van der Waals surface area contributed by atoms with Gasteiger partial charge < -0.3 is 4.90 Å². The van der Waals surface area contributed by atoms with E-state index in [4.69, 9.17) is 11.6 Å². The molecule has 1 unspecified atom stereocenters. The molecular formula is C14H17ClF3N. The second-order valence-corrected chi connectivity index (χ2v) is 5.33. The summed E-state index contributed by atoms with van der Waals surface area (Å²) in [7, 11) is 0. The summed E-state index contributed by atoms with van der Waals surface area (Å²) in [4.78, 5) is 2.32. The molecule has 5 heteroatoms. The molecule has 106 valence electrons. The van der Waals surface area contributed by atoms with Crippen LogP contribution in [0.1, 0.15) is 29.9 Å². The van der Waals surface area contributed by atoms with E-state index in [1.54, 1.807) is 12.1 Å². The number of benzene rings is 1. The zero-order chi connectivity index (χ0) is 13.9. The summed E-state index contributed by atoms with van der Waals surface area (Å²) in [6.07, 6.45) is -2.28. The fourth-order valence-corrected chi connectivity index (χ4v) is 2.65. The predicted molar refractivity (Wildman–Crippen MR) is 70.6 cm³/mol. The van der Waals surface area contributed by atoms with E-state index >= 15 is 0 Å². The lowest BCUT2D eigenvalue weighted by Crippen LogP contribution is -2.21. The Labute approximate surface area is 116 Å². The van der Waals surface area contributed by atoms with E-state index in [1.165, 1.54) is 12.1 Å². The monoisotopic (exact) mass is 291 g/mol. The molecular weight excluding hydrogens is 275 g/mol. The van der Waals surface area contributed by atoms with Crippen molar-refractivity contribution in [1.29, 1.82) is 0 Å². The normalized spacial score (nSPS) is 20.9. The first-order valence-electron chi connectivity index (χ1n) is 6.46. The second kappa shape index (κ2) is 6.14. The topological polar surface area (TPSA) is 3.24 Å². The fraction of sp³-hybridized carbons (Fsp3) is 0.571.